The van der Waals surface area contributed by atoms with Crippen LogP contribution in [0, 0.1) is 12.8 Å². The first-order chi connectivity index (χ1) is 12.1. The largest absolute Gasteiger partial charge is 0.393 e. The molecule has 1 aromatic carbocycles. The van der Waals surface area contributed by atoms with Gasteiger partial charge in [0.15, 0.2) is 0 Å². The van der Waals surface area contributed by atoms with Gasteiger partial charge in [-0.25, -0.2) is 0 Å². The molecule has 0 aliphatic heterocycles. The van der Waals surface area contributed by atoms with E-state index in [1.807, 2.05) is 29.8 Å². The Morgan fingerprint density at radius 2 is 2.08 bits per heavy atom. The number of carbonyl (C=O) groups excluding carboxylic acids is 1. The second-order valence-corrected chi connectivity index (χ2v) is 7.02. The van der Waals surface area contributed by atoms with E-state index in [4.69, 9.17) is 0 Å². The monoisotopic (exact) mass is 341 g/mol. The molecule has 2 aromatic rings. The summed E-state index contributed by atoms with van der Waals surface area (Å²) in [6.07, 6.45) is 4.72. The zero-order valence-electron chi connectivity index (χ0n) is 15.0. The van der Waals surface area contributed by atoms with E-state index in [0.717, 1.165) is 37.9 Å². The molecule has 1 saturated carbocycles. The van der Waals surface area contributed by atoms with E-state index in [1.165, 1.54) is 5.56 Å². The molecule has 3 rings (SSSR count). The van der Waals surface area contributed by atoms with Crippen molar-refractivity contribution in [1.29, 1.82) is 0 Å². The summed E-state index contributed by atoms with van der Waals surface area (Å²) in [5.41, 5.74) is 2.76. The molecular formula is C20H27N3O2. The van der Waals surface area contributed by atoms with Gasteiger partial charge in [-0.15, -0.1) is 0 Å². The Balaban J connectivity index is 1.72. The van der Waals surface area contributed by atoms with Crippen LogP contribution in [0.25, 0.3) is 0 Å². The van der Waals surface area contributed by atoms with Crippen LogP contribution in [0.1, 0.15) is 47.8 Å². The van der Waals surface area contributed by atoms with Crippen LogP contribution in [0.5, 0.6) is 0 Å². The first kappa shape index (κ1) is 17.7. The Labute approximate surface area is 149 Å². The smallest absolute Gasteiger partial charge is 0.254 e. The van der Waals surface area contributed by atoms with Crippen molar-refractivity contribution in [2.75, 3.05) is 0 Å². The van der Waals surface area contributed by atoms with Gasteiger partial charge in [0.1, 0.15) is 0 Å². The summed E-state index contributed by atoms with van der Waals surface area (Å²) in [6.45, 7) is 4.86. The number of amides is 1. The third-order valence-corrected chi connectivity index (χ3v) is 5.12. The van der Waals surface area contributed by atoms with Gasteiger partial charge in [-0.2, -0.15) is 5.10 Å². The lowest BCUT2D eigenvalue weighted by molar-refractivity contribution is 0.0239. The first-order valence-corrected chi connectivity index (χ1v) is 9.13. The van der Waals surface area contributed by atoms with Crippen LogP contribution in [0.2, 0.25) is 0 Å². The summed E-state index contributed by atoms with van der Waals surface area (Å²) in [4.78, 5) is 12.8. The van der Waals surface area contributed by atoms with E-state index in [2.05, 4.69) is 29.5 Å². The van der Waals surface area contributed by atoms with Gasteiger partial charge in [-0.05, 0) is 44.1 Å². The topological polar surface area (TPSA) is 67.2 Å². The summed E-state index contributed by atoms with van der Waals surface area (Å²) in [5, 5.41) is 17.2. The number of aliphatic hydroxyl groups is 1. The number of nitrogens with zero attached hydrogens (tertiary/aromatic N) is 2. The molecular weight excluding hydrogens is 314 g/mol. The number of aromatic nitrogens is 2. The van der Waals surface area contributed by atoms with Crippen LogP contribution in [0.4, 0.5) is 0 Å². The van der Waals surface area contributed by atoms with E-state index in [-0.39, 0.29) is 18.1 Å². The predicted molar refractivity (Wildman–Crippen MR) is 97.4 cm³/mol. The Morgan fingerprint density at radius 3 is 2.72 bits per heavy atom. The van der Waals surface area contributed by atoms with Crippen molar-refractivity contribution in [3.63, 3.8) is 0 Å². The fourth-order valence-electron chi connectivity index (χ4n) is 3.51. The van der Waals surface area contributed by atoms with Gasteiger partial charge in [0.25, 0.3) is 5.91 Å². The molecule has 5 nitrogen and oxygen atoms in total. The molecule has 0 radical (unpaired) electrons. The Hall–Kier alpha value is -2.14. The summed E-state index contributed by atoms with van der Waals surface area (Å²) in [7, 11) is 0. The summed E-state index contributed by atoms with van der Waals surface area (Å²) < 4.78 is 1.88. The molecule has 1 amide bonds. The Kier molecular flexibility index (Phi) is 5.53. The molecule has 5 heteroatoms. The van der Waals surface area contributed by atoms with Gasteiger partial charge in [-0.1, -0.05) is 37.3 Å². The molecule has 1 aliphatic rings. The van der Waals surface area contributed by atoms with Gasteiger partial charge in [0, 0.05) is 18.3 Å². The minimum absolute atomic E-state index is 0.0345. The van der Waals surface area contributed by atoms with E-state index in [0.29, 0.717) is 11.5 Å². The van der Waals surface area contributed by atoms with Gasteiger partial charge < -0.3 is 10.4 Å². The molecule has 1 unspecified atom stereocenters. The third kappa shape index (κ3) is 4.10. The molecule has 0 spiro atoms. The van der Waals surface area contributed by atoms with Crippen molar-refractivity contribution in [2.45, 2.75) is 58.2 Å². The Bertz CT molecular complexity index is 705. The fraction of sp³-hybridized carbons (Fsp3) is 0.500. The van der Waals surface area contributed by atoms with Crippen molar-refractivity contribution in [3.05, 3.63) is 53.3 Å². The van der Waals surface area contributed by atoms with E-state index in [9.17, 15) is 9.90 Å². The van der Waals surface area contributed by atoms with Gasteiger partial charge >= 0.3 is 0 Å². The number of carbonyl (C=O) groups is 1. The maximum atomic E-state index is 12.8. The third-order valence-electron chi connectivity index (χ3n) is 5.12. The van der Waals surface area contributed by atoms with E-state index < -0.39 is 0 Å². The van der Waals surface area contributed by atoms with Crippen LogP contribution in [-0.2, 0) is 13.0 Å². The summed E-state index contributed by atoms with van der Waals surface area (Å²) in [6, 6.07) is 10.2. The lowest BCUT2D eigenvalue weighted by Gasteiger charge is -2.38. The highest BCUT2D eigenvalue weighted by molar-refractivity contribution is 5.95. The molecule has 25 heavy (non-hydrogen) atoms. The zero-order valence-corrected chi connectivity index (χ0v) is 15.0. The number of rotatable bonds is 7. The number of hydrogen-bond donors (Lipinski definition) is 2. The molecule has 134 valence electrons. The quantitative estimate of drug-likeness (QED) is 0.814. The molecule has 2 N–H and O–H groups in total. The SMILES string of the molecule is CCCn1ncc(C(=O)NC(Cc2ccccc2)C2CC(O)C2)c1C. The molecule has 0 bridgehead atoms. The standard InChI is InChI=1S/C20H27N3O2/c1-3-9-23-14(2)18(13-21-23)20(25)22-19(16-11-17(24)12-16)10-15-7-5-4-6-8-15/h4-8,13,16-17,19,24H,3,9-12H2,1-2H3,(H,22,25). The van der Waals surface area contributed by atoms with Gasteiger partial charge in [-0.3, -0.25) is 9.48 Å². The normalized spacial score (nSPS) is 20.8. The average molecular weight is 341 g/mol. The lowest BCUT2D eigenvalue weighted by atomic mass is 9.75. The minimum Gasteiger partial charge on any atom is -0.393 e. The number of nitrogens with one attached hydrogen (secondary N) is 1. The van der Waals surface area contributed by atoms with Crippen LogP contribution in [0.3, 0.4) is 0 Å². The van der Waals surface area contributed by atoms with Crippen molar-refractivity contribution in [3.8, 4) is 0 Å². The Morgan fingerprint density at radius 1 is 1.36 bits per heavy atom. The highest BCUT2D eigenvalue weighted by Gasteiger charge is 2.35. The molecule has 1 heterocycles. The van der Waals surface area contributed by atoms with E-state index in [1.54, 1.807) is 6.20 Å². The molecule has 1 atom stereocenters. The zero-order chi connectivity index (χ0) is 17.8. The van der Waals surface area contributed by atoms with Crippen molar-refractivity contribution >= 4 is 5.91 Å². The van der Waals surface area contributed by atoms with Crippen LogP contribution >= 0.6 is 0 Å². The highest BCUT2D eigenvalue weighted by atomic mass is 16.3. The number of aliphatic hydroxyl groups excluding tert-OH is 1. The van der Waals surface area contributed by atoms with E-state index >= 15 is 0 Å². The molecule has 0 saturated heterocycles. The van der Waals surface area contributed by atoms with Crippen molar-refractivity contribution < 1.29 is 9.90 Å². The maximum Gasteiger partial charge on any atom is 0.254 e. The molecule has 1 fully saturated rings. The maximum absolute atomic E-state index is 12.8. The average Bonchev–Trinajstić information content (AvgIpc) is 2.94. The number of aryl methyl sites for hydroxylation is 1. The highest BCUT2D eigenvalue weighted by Crippen LogP contribution is 2.32. The molecule has 1 aliphatic carbocycles. The second-order valence-electron chi connectivity index (χ2n) is 7.02. The van der Waals surface area contributed by atoms with Crippen molar-refractivity contribution in [2.24, 2.45) is 5.92 Å². The van der Waals surface area contributed by atoms with Gasteiger partial charge in [0.05, 0.1) is 17.9 Å². The van der Waals surface area contributed by atoms with Crippen LogP contribution in [-0.4, -0.2) is 32.9 Å². The fourth-order valence-corrected chi connectivity index (χ4v) is 3.51. The summed E-state index contributed by atoms with van der Waals surface area (Å²) in [5.74, 6) is 0.257. The number of benzene rings is 1. The van der Waals surface area contributed by atoms with Gasteiger partial charge in [0.2, 0.25) is 0 Å². The molecule has 1 aromatic heterocycles. The number of hydrogen-bond acceptors (Lipinski definition) is 3. The van der Waals surface area contributed by atoms with Crippen LogP contribution < -0.4 is 5.32 Å². The lowest BCUT2D eigenvalue weighted by Crippen LogP contribution is -2.48. The van der Waals surface area contributed by atoms with Crippen LogP contribution in [0.15, 0.2) is 36.5 Å². The van der Waals surface area contributed by atoms with Crippen molar-refractivity contribution in [1.82, 2.24) is 15.1 Å². The predicted octanol–water partition coefficient (Wildman–Crippen LogP) is 2.71. The first-order valence-electron chi connectivity index (χ1n) is 9.13. The summed E-state index contributed by atoms with van der Waals surface area (Å²) >= 11 is 0. The minimum atomic E-state index is -0.228. The second kappa shape index (κ2) is 7.83.